The van der Waals surface area contributed by atoms with Gasteiger partial charge in [0.2, 0.25) is 5.89 Å². The number of benzene rings is 9. The zero-order valence-electron chi connectivity index (χ0n) is 32.0. The maximum Gasteiger partial charge on any atom is 0.227 e. The van der Waals surface area contributed by atoms with Crippen LogP contribution in [0.2, 0.25) is 0 Å². The van der Waals surface area contributed by atoms with E-state index in [-0.39, 0.29) is 0 Å². The van der Waals surface area contributed by atoms with Crippen LogP contribution in [0.25, 0.3) is 89.0 Å². The predicted molar refractivity (Wildman–Crippen MR) is 243 cm³/mol. The summed E-state index contributed by atoms with van der Waals surface area (Å²) in [5.74, 6) is 0.596. The van der Waals surface area contributed by atoms with Crippen LogP contribution in [0, 0.1) is 0 Å². The number of oxazole rings is 1. The second-order valence-electron chi connectivity index (χ2n) is 14.7. The molecule has 0 aliphatic carbocycles. The Morgan fingerprint density at radius 3 is 1.49 bits per heavy atom. The van der Waals surface area contributed by atoms with Crippen molar-refractivity contribution in [2.75, 3.05) is 4.90 Å². The van der Waals surface area contributed by atoms with Crippen molar-refractivity contribution in [1.29, 1.82) is 0 Å². The predicted octanol–water partition coefficient (Wildman–Crippen LogP) is 15.5. The van der Waals surface area contributed by atoms with Gasteiger partial charge < -0.3 is 13.7 Å². The largest absolute Gasteiger partial charge is 0.456 e. The zero-order valence-corrected chi connectivity index (χ0v) is 32.0. The molecule has 2 aromatic heterocycles. The van der Waals surface area contributed by atoms with Gasteiger partial charge in [-0.05, 0) is 105 Å². The molecule has 0 amide bonds. The molecule has 2 heterocycles. The Morgan fingerprint density at radius 1 is 0.322 bits per heavy atom. The molecule has 0 fully saturated rings. The summed E-state index contributed by atoms with van der Waals surface area (Å²) in [4.78, 5) is 7.21. The number of nitrogens with zero attached hydrogens (tertiary/aromatic N) is 2. The van der Waals surface area contributed by atoms with Gasteiger partial charge in [-0.25, -0.2) is 4.98 Å². The number of hydrogen-bond acceptors (Lipinski definition) is 4. The van der Waals surface area contributed by atoms with Crippen LogP contribution >= 0.6 is 0 Å². The Balaban J connectivity index is 1.03. The first-order valence-corrected chi connectivity index (χ1v) is 19.9. The van der Waals surface area contributed by atoms with Gasteiger partial charge in [0.1, 0.15) is 16.7 Å². The Labute approximate surface area is 341 Å². The third-order valence-corrected chi connectivity index (χ3v) is 11.1. The Bertz CT molecular complexity index is 3230. The number of hydrogen-bond donors (Lipinski definition) is 0. The maximum atomic E-state index is 6.45. The van der Waals surface area contributed by atoms with Crippen molar-refractivity contribution in [3.63, 3.8) is 0 Å². The molecule has 0 saturated carbocycles. The average molecular weight is 757 g/mol. The summed E-state index contributed by atoms with van der Waals surface area (Å²) >= 11 is 0. The molecule has 0 N–H and O–H groups in total. The van der Waals surface area contributed by atoms with E-state index in [2.05, 4.69) is 181 Å². The molecule has 11 aromatic rings. The minimum absolute atomic E-state index is 0.596. The van der Waals surface area contributed by atoms with Crippen molar-refractivity contribution in [2.45, 2.75) is 0 Å². The maximum absolute atomic E-state index is 6.45. The third-order valence-electron chi connectivity index (χ3n) is 11.1. The second-order valence-corrected chi connectivity index (χ2v) is 14.7. The van der Waals surface area contributed by atoms with E-state index < -0.39 is 0 Å². The van der Waals surface area contributed by atoms with Gasteiger partial charge in [0.15, 0.2) is 5.58 Å². The van der Waals surface area contributed by atoms with E-state index in [0.29, 0.717) is 11.5 Å². The molecule has 278 valence electrons. The minimum Gasteiger partial charge on any atom is -0.456 e. The number of anilines is 3. The van der Waals surface area contributed by atoms with Crippen molar-refractivity contribution in [1.82, 2.24) is 4.98 Å². The van der Waals surface area contributed by atoms with Crippen LogP contribution in [0.4, 0.5) is 17.1 Å². The quantitative estimate of drug-likeness (QED) is 0.155. The van der Waals surface area contributed by atoms with Crippen LogP contribution in [0.5, 0.6) is 0 Å². The molecule has 11 rings (SSSR count). The average Bonchev–Trinajstić information content (AvgIpc) is 3.90. The van der Waals surface area contributed by atoms with Gasteiger partial charge in [-0.2, -0.15) is 0 Å². The highest BCUT2D eigenvalue weighted by molar-refractivity contribution is 6.15. The van der Waals surface area contributed by atoms with Gasteiger partial charge in [0.25, 0.3) is 0 Å². The molecule has 9 aromatic carbocycles. The first-order chi connectivity index (χ1) is 29.2. The third kappa shape index (κ3) is 6.34. The van der Waals surface area contributed by atoms with Crippen molar-refractivity contribution < 1.29 is 8.83 Å². The summed E-state index contributed by atoms with van der Waals surface area (Å²) in [6.07, 6.45) is 0. The summed E-state index contributed by atoms with van der Waals surface area (Å²) < 4.78 is 12.6. The van der Waals surface area contributed by atoms with Gasteiger partial charge in [-0.1, -0.05) is 152 Å². The number of fused-ring (bicyclic) bond motifs is 4. The Hall–Kier alpha value is -7.95. The van der Waals surface area contributed by atoms with Crippen LogP contribution in [0.1, 0.15) is 0 Å². The standard InChI is InChI=1S/C55H36N2O2/c1-5-14-37(15-6-1)38-24-28-43(29-25-38)57(45-32-33-46(39-16-7-2-8-17-39)48(34-45)40-18-9-3-10-19-40)44-30-26-41(27-31-44)47-22-13-23-51-54(47)49-35-50-53(36-52(49)58-51)59-55(56-50)42-20-11-4-12-21-42/h1-36H. The first kappa shape index (κ1) is 34.3. The lowest BCUT2D eigenvalue weighted by molar-refractivity contribution is 0.617. The van der Waals surface area contributed by atoms with Crippen LogP contribution in [-0.2, 0) is 0 Å². The molecule has 0 aliphatic rings. The Kier molecular flexibility index (Phi) is 8.45. The molecular weight excluding hydrogens is 721 g/mol. The van der Waals surface area contributed by atoms with E-state index >= 15 is 0 Å². The highest BCUT2D eigenvalue weighted by Gasteiger charge is 2.19. The molecule has 0 saturated heterocycles. The fourth-order valence-corrected chi connectivity index (χ4v) is 8.26. The molecular formula is C55H36N2O2. The van der Waals surface area contributed by atoms with Crippen molar-refractivity contribution in [2.24, 2.45) is 0 Å². The van der Waals surface area contributed by atoms with Crippen molar-refractivity contribution in [3.8, 4) is 56.0 Å². The highest BCUT2D eigenvalue weighted by atomic mass is 16.4. The zero-order chi connectivity index (χ0) is 39.1. The summed E-state index contributed by atoms with van der Waals surface area (Å²) in [6.45, 7) is 0. The molecule has 4 nitrogen and oxygen atoms in total. The van der Waals surface area contributed by atoms with Crippen LogP contribution in [0.3, 0.4) is 0 Å². The number of aromatic nitrogens is 1. The van der Waals surface area contributed by atoms with Crippen LogP contribution in [-0.4, -0.2) is 4.98 Å². The normalized spacial score (nSPS) is 11.4. The topological polar surface area (TPSA) is 42.4 Å². The number of rotatable bonds is 8. The molecule has 59 heavy (non-hydrogen) atoms. The van der Waals surface area contributed by atoms with Crippen LogP contribution < -0.4 is 4.90 Å². The molecule has 0 bridgehead atoms. The lowest BCUT2D eigenvalue weighted by Gasteiger charge is -2.27. The van der Waals surface area contributed by atoms with Crippen molar-refractivity contribution >= 4 is 50.1 Å². The van der Waals surface area contributed by atoms with Gasteiger partial charge >= 0.3 is 0 Å². The van der Waals surface area contributed by atoms with E-state index in [9.17, 15) is 0 Å². The summed E-state index contributed by atoms with van der Waals surface area (Å²) in [5, 5.41) is 2.06. The van der Waals surface area contributed by atoms with Gasteiger partial charge in [0, 0.05) is 39.5 Å². The molecule has 0 unspecified atom stereocenters. The van der Waals surface area contributed by atoms with Gasteiger partial charge in [-0.3, -0.25) is 0 Å². The monoisotopic (exact) mass is 756 g/mol. The Morgan fingerprint density at radius 2 is 0.847 bits per heavy atom. The summed E-state index contributed by atoms with van der Waals surface area (Å²) in [6, 6.07) is 76.7. The lowest BCUT2D eigenvalue weighted by atomic mass is 9.93. The number of furan rings is 1. The SMILES string of the molecule is c1ccc(-c2ccc(N(c3ccc(-c4cccc5oc6cc7oc(-c8ccccc8)nc7cc6c45)cc3)c3ccc(-c4ccccc4)c(-c4ccccc4)c3)cc2)cc1. The minimum atomic E-state index is 0.596. The van der Waals surface area contributed by atoms with E-state index in [1.54, 1.807) is 0 Å². The summed E-state index contributed by atoms with van der Waals surface area (Å²) in [5.41, 5.74) is 16.5. The molecule has 0 aliphatic heterocycles. The molecule has 4 heteroatoms. The molecule has 0 radical (unpaired) electrons. The fraction of sp³-hybridized carbons (Fsp3) is 0. The highest BCUT2D eigenvalue weighted by Crippen LogP contribution is 2.43. The van der Waals surface area contributed by atoms with E-state index in [4.69, 9.17) is 13.8 Å². The van der Waals surface area contributed by atoms with Crippen molar-refractivity contribution in [3.05, 3.63) is 218 Å². The van der Waals surface area contributed by atoms with Gasteiger partial charge in [0.05, 0.1) is 0 Å². The second kappa shape index (κ2) is 14.5. The molecule has 0 atom stereocenters. The smallest absolute Gasteiger partial charge is 0.227 e. The van der Waals surface area contributed by atoms with Gasteiger partial charge in [-0.15, -0.1) is 0 Å². The molecule has 0 spiro atoms. The van der Waals surface area contributed by atoms with E-state index in [1.807, 2.05) is 42.5 Å². The lowest BCUT2D eigenvalue weighted by Crippen LogP contribution is -2.10. The van der Waals surface area contributed by atoms with E-state index in [1.165, 1.54) is 33.4 Å². The first-order valence-electron chi connectivity index (χ1n) is 19.9. The summed E-state index contributed by atoms with van der Waals surface area (Å²) in [7, 11) is 0. The van der Waals surface area contributed by atoms with E-state index in [0.717, 1.165) is 61.2 Å². The fourth-order valence-electron chi connectivity index (χ4n) is 8.26. The van der Waals surface area contributed by atoms with Crippen LogP contribution in [0.15, 0.2) is 227 Å².